The molecule has 10 heteroatoms. The number of sulfone groups is 1. The standard InChI is InChI=1S/C24H15BrFN3O4S/c1-15-5-4-12-29-22(15)28-23(33-21-7-3-2-6-20(21)26)19(24(29)30)13-18(14-27)34(31,32)17-10-8-16(25)9-11-17/h2-13H,1H3/b18-13+. The Morgan fingerprint density at radius 2 is 1.85 bits per heavy atom. The first-order valence-electron chi connectivity index (χ1n) is 9.79. The Labute approximate surface area is 202 Å². The van der Waals surface area contributed by atoms with Gasteiger partial charge in [-0.2, -0.15) is 10.2 Å². The van der Waals surface area contributed by atoms with Crippen molar-refractivity contribution in [1.82, 2.24) is 9.38 Å². The second-order valence-corrected chi connectivity index (χ2v) is 9.96. The summed E-state index contributed by atoms with van der Waals surface area (Å²) >= 11 is 3.23. The van der Waals surface area contributed by atoms with Gasteiger partial charge in [0.05, 0.1) is 4.90 Å². The molecule has 0 aliphatic rings. The number of allylic oxidation sites excluding steroid dienone is 1. The van der Waals surface area contributed by atoms with Crippen LogP contribution in [0.15, 0.2) is 85.9 Å². The van der Waals surface area contributed by atoms with Crippen LogP contribution in [-0.4, -0.2) is 17.8 Å². The molecule has 0 spiro atoms. The molecule has 0 radical (unpaired) electrons. The number of rotatable bonds is 5. The van der Waals surface area contributed by atoms with Gasteiger partial charge in [0.2, 0.25) is 15.7 Å². The molecule has 0 saturated carbocycles. The number of fused-ring (bicyclic) bond motifs is 1. The molecule has 2 aromatic carbocycles. The molecule has 7 nitrogen and oxygen atoms in total. The van der Waals surface area contributed by atoms with Gasteiger partial charge in [-0.05, 0) is 61.0 Å². The van der Waals surface area contributed by atoms with E-state index in [0.717, 1.165) is 6.08 Å². The zero-order valence-electron chi connectivity index (χ0n) is 17.6. The minimum atomic E-state index is -4.27. The van der Waals surface area contributed by atoms with Gasteiger partial charge < -0.3 is 4.74 Å². The van der Waals surface area contributed by atoms with Crippen LogP contribution in [0.5, 0.6) is 11.6 Å². The molecule has 2 heterocycles. The Morgan fingerprint density at radius 1 is 1.15 bits per heavy atom. The Kier molecular flexibility index (Phi) is 6.32. The first-order chi connectivity index (χ1) is 16.2. The third-order valence-corrected chi connectivity index (χ3v) is 7.10. The quantitative estimate of drug-likeness (QED) is 0.329. The summed E-state index contributed by atoms with van der Waals surface area (Å²) in [6.45, 7) is 1.73. The highest BCUT2D eigenvalue weighted by Gasteiger charge is 2.24. The third-order valence-electron chi connectivity index (χ3n) is 4.89. The fourth-order valence-corrected chi connectivity index (χ4v) is 4.57. The van der Waals surface area contributed by atoms with E-state index in [0.29, 0.717) is 10.0 Å². The minimum Gasteiger partial charge on any atom is -0.435 e. The van der Waals surface area contributed by atoms with Crippen molar-refractivity contribution in [3.8, 4) is 17.7 Å². The molecule has 0 unspecified atom stereocenters. The van der Waals surface area contributed by atoms with Crippen molar-refractivity contribution in [2.24, 2.45) is 0 Å². The molecule has 170 valence electrons. The van der Waals surface area contributed by atoms with Gasteiger partial charge in [0.1, 0.15) is 22.2 Å². The van der Waals surface area contributed by atoms with Crippen LogP contribution < -0.4 is 10.3 Å². The number of ether oxygens (including phenoxy) is 1. The summed E-state index contributed by atoms with van der Waals surface area (Å²) in [6, 6.07) is 16.2. The maximum atomic E-state index is 14.3. The van der Waals surface area contributed by atoms with E-state index in [2.05, 4.69) is 20.9 Å². The number of nitrogens with zero attached hydrogens (tertiary/aromatic N) is 3. The molecular formula is C24H15BrFN3O4S. The average molecular weight is 540 g/mol. The lowest BCUT2D eigenvalue weighted by Crippen LogP contribution is -2.20. The highest BCUT2D eigenvalue weighted by atomic mass is 79.9. The van der Waals surface area contributed by atoms with Crippen LogP contribution in [0.1, 0.15) is 11.1 Å². The normalized spacial score (nSPS) is 11.9. The van der Waals surface area contributed by atoms with Crippen LogP contribution in [0.25, 0.3) is 11.7 Å². The van der Waals surface area contributed by atoms with E-state index in [4.69, 9.17) is 4.74 Å². The fourth-order valence-electron chi connectivity index (χ4n) is 3.17. The first-order valence-corrected chi connectivity index (χ1v) is 12.1. The maximum absolute atomic E-state index is 14.3. The molecular weight excluding hydrogens is 525 g/mol. The molecule has 0 N–H and O–H groups in total. The van der Waals surface area contributed by atoms with E-state index in [-0.39, 0.29) is 27.7 Å². The van der Waals surface area contributed by atoms with Crippen LogP contribution in [0, 0.1) is 24.1 Å². The van der Waals surface area contributed by atoms with Gasteiger partial charge >= 0.3 is 0 Å². The number of para-hydroxylation sites is 1. The SMILES string of the molecule is Cc1cccn2c(=O)c(/C=C(\C#N)S(=O)(=O)c3ccc(Br)cc3)c(Oc3ccccc3F)nc12. The topological polar surface area (TPSA) is 102 Å². The van der Waals surface area contributed by atoms with Crippen LogP contribution in [0.3, 0.4) is 0 Å². The summed E-state index contributed by atoms with van der Waals surface area (Å²) in [7, 11) is -4.27. The van der Waals surface area contributed by atoms with Crippen molar-refractivity contribution < 1.29 is 17.5 Å². The average Bonchev–Trinajstić information content (AvgIpc) is 2.81. The zero-order chi connectivity index (χ0) is 24.5. The van der Waals surface area contributed by atoms with Crippen molar-refractivity contribution in [3.63, 3.8) is 0 Å². The zero-order valence-corrected chi connectivity index (χ0v) is 20.0. The van der Waals surface area contributed by atoms with Crippen molar-refractivity contribution in [2.75, 3.05) is 0 Å². The molecule has 0 atom stereocenters. The summed E-state index contributed by atoms with van der Waals surface area (Å²) in [5.41, 5.74) is -0.121. The molecule has 2 aromatic heterocycles. The smallest absolute Gasteiger partial charge is 0.269 e. The molecule has 0 bridgehead atoms. The van der Waals surface area contributed by atoms with E-state index in [1.54, 1.807) is 25.1 Å². The number of nitriles is 1. The second kappa shape index (κ2) is 9.21. The summed E-state index contributed by atoms with van der Waals surface area (Å²) in [4.78, 5) is 16.8. The predicted octanol–water partition coefficient (Wildman–Crippen LogP) is 5.04. The summed E-state index contributed by atoms with van der Waals surface area (Å²) in [5.74, 6) is -1.24. The number of aromatic nitrogens is 2. The Hall–Kier alpha value is -3.81. The van der Waals surface area contributed by atoms with Crippen molar-refractivity contribution in [2.45, 2.75) is 11.8 Å². The van der Waals surface area contributed by atoms with Crippen LogP contribution >= 0.6 is 15.9 Å². The number of hydrogen-bond donors (Lipinski definition) is 0. The molecule has 0 amide bonds. The lowest BCUT2D eigenvalue weighted by Gasteiger charge is -2.12. The van der Waals surface area contributed by atoms with Gasteiger partial charge in [0.15, 0.2) is 11.6 Å². The van der Waals surface area contributed by atoms with Gasteiger partial charge in [-0.15, -0.1) is 0 Å². The van der Waals surface area contributed by atoms with E-state index in [1.165, 1.54) is 59.1 Å². The maximum Gasteiger partial charge on any atom is 0.269 e. The third kappa shape index (κ3) is 4.35. The number of pyridine rings is 1. The number of hydrogen-bond acceptors (Lipinski definition) is 6. The Bertz CT molecular complexity index is 1660. The second-order valence-electron chi connectivity index (χ2n) is 7.13. The predicted molar refractivity (Wildman–Crippen MR) is 128 cm³/mol. The van der Waals surface area contributed by atoms with Gasteiger partial charge in [0.25, 0.3) is 5.56 Å². The molecule has 4 rings (SSSR count). The summed E-state index contributed by atoms with van der Waals surface area (Å²) < 4.78 is 47.9. The van der Waals surface area contributed by atoms with E-state index in [9.17, 15) is 22.9 Å². The number of benzene rings is 2. The lowest BCUT2D eigenvalue weighted by molar-refractivity contribution is 0.426. The highest BCUT2D eigenvalue weighted by Crippen LogP contribution is 2.29. The summed E-state index contributed by atoms with van der Waals surface area (Å²) in [6.07, 6.45) is 2.36. The number of halogens is 2. The van der Waals surface area contributed by atoms with E-state index < -0.39 is 26.1 Å². The molecule has 34 heavy (non-hydrogen) atoms. The van der Waals surface area contributed by atoms with Crippen LogP contribution in [0.4, 0.5) is 4.39 Å². The van der Waals surface area contributed by atoms with Gasteiger partial charge in [-0.25, -0.2) is 12.8 Å². The molecule has 0 fully saturated rings. The molecule has 4 aromatic rings. The Morgan fingerprint density at radius 3 is 2.53 bits per heavy atom. The van der Waals surface area contributed by atoms with Gasteiger partial charge in [-0.1, -0.05) is 34.1 Å². The largest absolute Gasteiger partial charge is 0.435 e. The highest BCUT2D eigenvalue weighted by molar-refractivity contribution is 9.10. The van der Waals surface area contributed by atoms with Crippen LogP contribution in [-0.2, 0) is 9.84 Å². The minimum absolute atomic E-state index is 0.134. The molecule has 0 aliphatic carbocycles. The Balaban J connectivity index is 1.98. The van der Waals surface area contributed by atoms with Crippen molar-refractivity contribution in [3.05, 3.63) is 104 Å². The van der Waals surface area contributed by atoms with E-state index in [1.807, 2.05) is 0 Å². The molecule has 0 aliphatic heterocycles. The van der Waals surface area contributed by atoms with E-state index >= 15 is 0 Å². The lowest BCUT2D eigenvalue weighted by atomic mass is 10.2. The van der Waals surface area contributed by atoms with Gasteiger partial charge in [0, 0.05) is 10.7 Å². The van der Waals surface area contributed by atoms with Crippen molar-refractivity contribution in [1.29, 1.82) is 5.26 Å². The fraction of sp³-hybridized carbons (Fsp3) is 0.0417. The monoisotopic (exact) mass is 539 g/mol. The summed E-state index contributed by atoms with van der Waals surface area (Å²) in [5, 5.41) is 9.68. The van der Waals surface area contributed by atoms with Crippen LogP contribution in [0.2, 0.25) is 0 Å². The molecule has 0 saturated heterocycles. The first kappa shape index (κ1) is 23.4. The van der Waals surface area contributed by atoms with Crippen molar-refractivity contribution >= 4 is 37.5 Å². The number of aryl methyl sites for hydroxylation is 1. The van der Waals surface area contributed by atoms with Gasteiger partial charge in [-0.3, -0.25) is 9.20 Å².